The number of hydrogen-bond donors (Lipinski definition) is 0. The third-order valence-corrected chi connectivity index (χ3v) is 6.46. The maximum atomic E-state index is 6.55. The van der Waals surface area contributed by atoms with E-state index in [1.165, 1.54) is 0 Å². The Kier molecular flexibility index (Phi) is 5.50. The lowest BCUT2D eigenvalue weighted by Crippen LogP contribution is -2.27. The van der Waals surface area contributed by atoms with E-state index in [1.807, 2.05) is 4.99 Å². The summed E-state index contributed by atoms with van der Waals surface area (Å²) in [6, 6.07) is 0. The van der Waals surface area contributed by atoms with Crippen molar-refractivity contribution < 1.29 is 14.2 Å². The van der Waals surface area contributed by atoms with Crippen molar-refractivity contribution in [3.63, 3.8) is 0 Å². The molecule has 118 valence electrons. The minimum Gasteiger partial charge on any atom is -0.369 e. The first-order valence-electron chi connectivity index (χ1n) is 7.31. The molecule has 21 heavy (non-hydrogen) atoms. The van der Waals surface area contributed by atoms with E-state index in [0.717, 1.165) is 23.7 Å². The average Bonchev–Trinajstić information content (AvgIpc) is 3.03. The molecule has 0 radical (unpaired) electrons. The number of rotatable bonds is 1. The Balaban J connectivity index is 1.77. The molecule has 3 heterocycles. The molecular weight excluding hydrogens is 423 g/mol. The summed E-state index contributed by atoms with van der Waals surface area (Å²) in [6.07, 6.45) is 7.40. The van der Waals surface area contributed by atoms with Crippen LogP contribution in [0.1, 0.15) is 26.2 Å². The largest absolute Gasteiger partial charge is 0.369 e. The lowest BCUT2D eigenvalue weighted by molar-refractivity contribution is -0.0182. The second-order valence-corrected chi connectivity index (χ2v) is 7.77. The zero-order chi connectivity index (χ0) is 15.0. The topological polar surface area (TPSA) is 31.0 Å². The Labute approximate surface area is 147 Å². The fraction of sp³-hybridized carbons (Fsp3) is 0.733. The molecular formula is C15H19Br2ClO3. The van der Waals surface area contributed by atoms with Crippen molar-refractivity contribution in [1.82, 2.24) is 0 Å². The van der Waals surface area contributed by atoms with Crippen molar-refractivity contribution >= 4 is 43.5 Å². The Hall–Kier alpha value is 0.610. The van der Waals surface area contributed by atoms with Crippen LogP contribution in [0.5, 0.6) is 0 Å². The number of hydrogen-bond acceptors (Lipinski definition) is 3. The maximum Gasteiger partial charge on any atom is 0.116 e. The molecule has 3 rings (SSSR count). The van der Waals surface area contributed by atoms with Gasteiger partial charge in [-0.1, -0.05) is 44.0 Å². The second-order valence-electron chi connectivity index (χ2n) is 5.83. The van der Waals surface area contributed by atoms with Gasteiger partial charge in [-0.05, 0) is 24.8 Å². The first-order chi connectivity index (χ1) is 10.1. The minimum absolute atomic E-state index is 0.00197. The first kappa shape index (κ1) is 16.5. The van der Waals surface area contributed by atoms with Gasteiger partial charge in [0.2, 0.25) is 0 Å². The number of fused-ring (bicyclic) bond motifs is 3. The van der Waals surface area contributed by atoms with E-state index in [-0.39, 0.29) is 35.9 Å². The standard InChI is InChI=1S/C15H19Br2ClO3/c1-8-3-2-4-11-13(20-11)5-10(18)12-6-14(19-8)15(21-12)9(17)7-16/h2-3,7-8,10-15H,4-6H2,1H3. The fourth-order valence-corrected chi connectivity index (χ4v) is 4.04. The summed E-state index contributed by atoms with van der Waals surface area (Å²) < 4.78 is 18.9. The highest BCUT2D eigenvalue weighted by atomic mass is 79.9. The van der Waals surface area contributed by atoms with Crippen LogP contribution in [0.25, 0.3) is 0 Å². The van der Waals surface area contributed by atoms with Crippen LogP contribution >= 0.6 is 43.5 Å². The Morgan fingerprint density at radius 3 is 2.71 bits per heavy atom. The molecule has 2 saturated heterocycles. The van der Waals surface area contributed by atoms with Crippen molar-refractivity contribution in [2.24, 2.45) is 0 Å². The van der Waals surface area contributed by atoms with Crippen LogP contribution in [-0.2, 0) is 14.2 Å². The van der Waals surface area contributed by atoms with Crippen molar-refractivity contribution in [2.45, 2.75) is 68.2 Å². The molecule has 0 aliphatic carbocycles. The summed E-state index contributed by atoms with van der Waals surface area (Å²) >= 11 is 13.4. The van der Waals surface area contributed by atoms with Crippen molar-refractivity contribution in [2.75, 3.05) is 0 Å². The quantitative estimate of drug-likeness (QED) is 0.345. The van der Waals surface area contributed by atoms with Crippen molar-refractivity contribution in [3.8, 4) is 0 Å². The van der Waals surface area contributed by atoms with Gasteiger partial charge in [-0.15, -0.1) is 11.6 Å². The molecule has 0 N–H and O–H groups in total. The molecule has 0 aromatic heterocycles. The first-order valence-corrected chi connectivity index (χ1v) is 9.46. The van der Waals surface area contributed by atoms with Gasteiger partial charge in [-0.2, -0.15) is 0 Å². The molecule has 2 bridgehead atoms. The molecule has 7 atom stereocenters. The van der Waals surface area contributed by atoms with E-state index in [0.29, 0.717) is 6.10 Å². The van der Waals surface area contributed by atoms with E-state index < -0.39 is 0 Å². The Morgan fingerprint density at radius 1 is 1.14 bits per heavy atom. The van der Waals surface area contributed by atoms with Gasteiger partial charge in [0, 0.05) is 10.9 Å². The van der Waals surface area contributed by atoms with Crippen LogP contribution in [-0.4, -0.2) is 42.0 Å². The molecule has 3 aliphatic heterocycles. The predicted octanol–water partition coefficient (Wildman–Crippen LogP) is 4.27. The van der Waals surface area contributed by atoms with Crippen molar-refractivity contribution in [1.29, 1.82) is 0 Å². The van der Waals surface area contributed by atoms with Gasteiger partial charge in [0.05, 0.1) is 35.9 Å². The predicted molar refractivity (Wildman–Crippen MR) is 90.2 cm³/mol. The monoisotopic (exact) mass is 440 g/mol. The van der Waals surface area contributed by atoms with Gasteiger partial charge < -0.3 is 14.2 Å². The summed E-state index contributed by atoms with van der Waals surface area (Å²) in [7, 11) is 0. The lowest BCUT2D eigenvalue weighted by atomic mass is 10.0. The third-order valence-electron chi connectivity index (χ3n) is 4.21. The van der Waals surface area contributed by atoms with Gasteiger partial charge in [0.15, 0.2) is 0 Å². The van der Waals surface area contributed by atoms with Crippen LogP contribution in [0, 0.1) is 0 Å². The van der Waals surface area contributed by atoms with E-state index >= 15 is 0 Å². The fourth-order valence-electron chi connectivity index (χ4n) is 3.04. The molecule has 3 nitrogen and oxygen atoms in total. The highest BCUT2D eigenvalue weighted by Crippen LogP contribution is 2.39. The number of ether oxygens (including phenoxy) is 3. The SMILES string of the molecule is CC1C=CCC2OC2CC(Cl)C2CC(O1)C(C(Br)=CBr)O2. The van der Waals surface area contributed by atoms with Crippen LogP contribution in [0.15, 0.2) is 21.6 Å². The number of halogens is 3. The number of alkyl halides is 1. The van der Waals surface area contributed by atoms with Crippen LogP contribution in [0.4, 0.5) is 0 Å². The van der Waals surface area contributed by atoms with Gasteiger partial charge in [0.25, 0.3) is 0 Å². The highest BCUT2D eigenvalue weighted by Gasteiger charge is 2.45. The van der Waals surface area contributed by atoms with Crippen LogP contribution in [0.3, 0.4) is 0 Å². The third kappa shape index (κ3) is 3.93. The zero-order valence-corrected chi connectivity index (χ0v) is 15.7. The molecule has 0 spiro atoms. The zero-order valence-electron chi connectivity index (χ0n) is 11.8. The average molecular weight is 443 g/mol. The Morgan fingerprint density at radius 2 is 1.95 bits per heavy atom. The summed E-state index contributed by atoms with van der Waals surface area (Å²) in [4.78, 5) is 1.83. The number of epoxide rings is 1. The van der Waals surface area contributed by atoms with Crippen molar-refractivity contribution in [3.05, 3.63) is 21.6 Å². The molecule has 7 unspecified atom stereocenters. The molecule has 2 fully saturated rings. The maximum absolute atomic E-state index is 6.55. The van der Waals surface area contributed by atoms with Gasteiger partial charge in [-0.3, -0.25) is 0 Å². The normalized spacial score (nSPS) is 47.4. The van der Waals surface area contributed by atoms with Gasteiger partial charge >= 0.3 is 0 Å². The molecule has 0 saturated carbocycles. The lowest BCUT2D eigenvalue weighted by Gasteiger charge is -2.21. The molecule has 0 aromatic carbocycles. The molecule has 3 aliphatic rings. The van der Waals surface area contributed by atoms with Gasteiger partial charge in [0.1, 0.15) is 6.10 Å². The van der Waals surface area contributed by atoms with Crippen LogP contribution < -0.4 is 0 Å². The molecule has 0 amide bonds. The molecule has 6 heteroatoms. The minimum atomic E-state index is -0.108. The summed E-state index contributed by atoms with van der Waals surface area (Å²) in [5.74, 6) is 0. The van der Waals surface area contributed by atoms with E-state index in [2.05, 4.69) is 50.9 Å². The van der Waals surface area contributed by atoms with E-state index in [1.54, 1.807) is 0 Å². The second kappa shape index (κ2) is 7.02. The van der Waals surface area contributed by atoms with E-state index in [4.69, 9.17) is 25.8 Å². The summed E-state index contributed by atoms with van der Waals surface area (Å²) in [5.41, 5.74) is 0. The highest BCUT2D eigenvalue weighted by molar-refractivity contribution is 9.14. The Bertz CT molecular complexity index is 443. The van der Waals surface area contributed by atoms with E-state index in [9.17, 15) is 0 Å². The van der Waals surface area contributed by atoms with Crippen LogP contribution in [0.2, 0.25) is 0 Å². The summed E-state index contributed by atoms with van der Waals surface area (Å²) in [5, 5.41) is -0.0366. The summed E-state index contributed by atoms with van der Waals surface area (Å²) in [6.45, 7) is 2.06. The van der Waals surface area contributed by atoms with Gasteiger partial charge in [-0.25, -0.2) is 0 Å². The molecule has 0 aromatic rings. The smallest absolute Gasteiger partial charge is 0.116 e.